The number of benzene rings is 1. The lowest BCUT2D eigenvalue weighted by Crippen LogP contribution is -2.29. The molecule has 1 amide bonds. The summed E-state index contributed by atoms with van der Waals surface area (Å²) in [5.74, 6) is -0.155. The van der Waals surface area contributed by atoms with E-state index >= 15 is 0 Å². The van der Waals surface area contributed by atoms with Crippen molar-refractivity contribution in [3.05, 3.63) is 29.6 Å². The summed E-state index contributed by atoms with van der Waals surface area (Å²) in [7, 11) is 1.70. The summed E-state index contributed by atoms with van der Waals surface area (Å²) in [6.45, 7) is 4.83. The summed E-state index contributed by atoms with van der Waals surface area (Å²) in [5.41, 5.74) is 6.22. The van der Waals surface area contributed by atoms with E-state index in [-0.39, 0.29) is 11.5 Å². The van der Waals surface area contributed by atoms with Crippen molar-refractivity contribution >= 4 is 11.6 Å². The molecule has 0 fully saturated rings. The SMILES string of the molecule is CC(C)CCN(C)C(=O)c1cc(F)ccc1N. The molecular formula is C13H19FN2O. The molecule has 3 nitrogen and oxygen atoms in total. The first-order valence-electron chi connectivity index (χ1n) is 5.72. The Balaban J connectivity index is 2.78. The van der Waals surface area contributed by atoms with Gasteiger partial charge in [-0.25, -0.2) is 4.39 Å². The number of carbonyl (C=O) groups excluding carboxylic acids is 1. The average molecular weight is 238 g/mol. The number of rotatable bonds is 4. The van der Waals surface area contributed by atoms with Crippen LogP contribution in [0.5, 0.6) is 0 Å². The minimum absolute atomic E-state index is 0.233. The minimum Gasteiger partial charge on any atom is -0.398 e. The van der Waals surface area contributed by atoms with Gasteiger partial charge in [0.25, 0.3) is 5.91 Å². The molecule has 0 aliphatic carbocycles. The zero-order valence-corrected chi connectivity index (χ0v) is 10.5. The zero-order chi connectivity index (χ0) is 13.0. The second-order valence-electron chi connectivity index (χ2n) is 4.64. The summed E-state index contributed by atoms with van der Waals surface area (Å²) in [6, 6.07) is 3.85. The molecule has 4 heteroatoms. The maximum atomic E-state index is 13.1. The fourth-order valence-electron chi connectivity index (χ4n) is 1.47. The lowest BCUT2D eigenvalue weighted by molar-refractivity contribution is 0.0789. The van der Waals surface area contributed by atoms with Gasteiger partial charge in [0.1, 0.15) is 5.82 Å². The Morgan fingerprint density at radius 3 is 2.71 bits per heavy atom. The van der Waals surface area contributed by atoms with Gasteiger partial charge in [-0.3, -0.25) is 4.79 Å². The van der Waals surface area contributed by atoms with Crippen molar-refractivity contribution in [1.82, 2.24) is 4.90 Å². The van der Waals surface area contributed by atoms with E-state index in [2.05, 4.69) is 13.8 Å². The van der Waals surface area contributed by atoms with Crippen LogP contribution in [-0.2, 0) is 0 Å². The number of nitrogens with zero attached hydrogens (tertiary/aromatic N) is 1. The Bertz CT molecular complexity index is 404. The largest absolute Gasteiger partial charge is 0.398 e. The van der Waals surface area contributed by atoms with Crippen LogP contribution >= 0.6 is 0 Å². The predicted octanol–water partition coefficient (Wildman–Crippen LogP) is 2.53. The fourth-order valence-corrected chi connectivity index (χ4v) is 1.47. The van der Waals surface area contributed by atoms with Crippen LogP contribution in [0.25, 0.3) is 0 Å². The van der Waals surface area contributed by atoms with Crippen LogP contribution in [0.1, 0.15) is 30.6 Å². The topological polar surface area (TPSA) is 46.3 Å². The highest BCUT2D eigenvalue weighted by Crippen LogP contribution is 2.15. The second kappa shape index (κ2) is 5.66. The Labute approximate surface area is 101 Å². The van der Waals surface area contributed by atoms with Crippen LogP contribution < -0.4 is 5.73 Å². The number of carbonyl (C=O) groups is 1. The summed E-state index contributed by atoms with van der Waals surface area (Å²) >= 11 is 0. The molecule has 0 unspecified atom stereocenters. The van der Waals surface area contributed by atoms with Crippen LogP contribution in [0, 0.1) is 11.7 Å². The van der Waals surface area contributed by atoms with Crippen LogP contribution in [0.2, 0.25) is 0 Å². The van der Waals surface area contributed by atoms with Crippen LogP contribution in [0.4, 0.5) is 10.1 Å². The van der Waals surface area contributed by atoms with Gasteiger partial charge in [0, 0.05) is 19.3 Å². The van der Waals surface area contributed by atoms with E-state index in [9.17, 15) is 9.18 Å². The summed E-state index contributed by atoms with van der Waals surface area (Å²) in [6.07, 6.45) is 0.914. The quantitative estimate of drug-likeness (QED) is 0.819. The molecule has 1 rings (SSSR count). The van der Waals surface area contributed by atoms with Crippen molar-refractivity contribution < 1.29 is 9.18 Å². The Hall–Kier alpha value is -1.58. The maximum Gasteiger partial charge on any atom is 0.255 e. The Morgan fingerprint density at radius 1 is 1.47 bits per heavy atom. The Morgan fingerprint density at radius 2 is 2.12 bits per heavy atom. The average Bonchev–Trinajstić information content (AvgIpc) is 2.28. The molecule has 0 atom stereocenters. The third-order valence-corrected chi connectivity index (χ3v) is 2.63. The van der Waals surface area contributed by atoms with E-state index in [1.54, 1.807) is 11.9 Å². The van der Waals surface area contributed by atoms with Crippen LogP contribution in [-0.4, -0.2) is 24.4 Å². The molecule has 0 aromatic heterocycles. The van der Waals surface area contributed by atoms with Crippen molar-refractivity contribution in [2.24, 2.45) is 5.92 Å². The van der Waals surface area contributed by atoms with E-state index in [1.165, 1.54) is 18.2 Å². The maximum absolute atomic E-state index is 13.1. The third kappa shape index (κ3) is 3.73. The number of hydrogen-bond acceptors (Lipinski definition) is 2. The van der Waals surface area contributed by atoms with Gasteiger partial charge in [0.15, 0.2) is 0 Å². The monoisotopic (exact) mass is 238 g/mol. The highest BCUT2D eigenvalue weighted by atomic mass is 19.1. The molecule has 0 radical (unpaired) electrons. The van der Waals surface area contributed by atoms with Crippen LogP contribution in [0.15, 0.2) is 18.2 Å². The van der Waals surface area contributed by atoms with E-state index in [0.29, 0.717) is 18.2 Å². The highest BCUT2D eigenvalue weighted by molar-refractivity contribution is 5.98. The van der Waals surface area contributed by atoms with E-state index in [0.717, 1.165) is 6.42 Å². The molecule has 0 bridgehead atoms. The smallest absolute Gasteiger partial charge is 0.255 e. The normalized spacial score (nSPS) is 10.6. The standard InChI is InChI=1S/C13H19FN2O/c1-9(2)6-7-16(3)13(17)11-8-10(14)4-5-12(11)15/h4-5,8-9H,6-7,15H2,1-3H3. The zero-order valence-electron chi connectivity index (χ0n) is 10.5. The molecule has 0 saturated heterocycles. The third-order valence-electron chi connectivity index (χ3n) is 2.63. The minimum atomic E-state index is -0.445. The summed E-state index contributed by atoms with van der Waals surface area (Å²) in [4.78, 5) is 13.6. The first kappa shape index (κ1) is 13.5. The molecule has 0 aliphatic rings. The predicted molar refractivity (Wildman–Crippen MR) is 67.2 cm³/mol. The first-order valence-corrected chi connectivity index (χ1v) is 5.72. The van der Waals surface area contributed by atoms with Gasteiger partial charge in [-0.05, 0) is 30.5 Å². The summed E-state index contributed by atoms with van der Waals surface area (Å²) < 4.78 is 13.1. The van der Waals surface area contributed by atoms with Gasteiger partial charge in [-0.1, -0.05) is 13.8 Å². The molecule has 0 aliphatic heterocycles. The van der Waals surface area contributed by atoms with E-state index < -0.39 is 5.82 Å². The van der Waals surface area contributed by atoms with Gasteiger partial charge in [-0.2, -0.15) is 0 Å². The lowest BCUT2D eigenvalue weighted by atomic mass is 10.1. The highest BCUT2D eigenvalue weighted by Gasteiger charge is 2.15. The van der Waals surface area contributed by atoms with Crippen LogP contribution in [0.3, 0.4) is 0 Å². The number of anilines is 1. The summed E-state index contributed by atoms with van der Waals surface area (Å²) in [5, 5.41) is 0. The molecule has 17 heavy (non-hydrogen) atoms. The molecule has 0 spiro atoms. The van der Waals surface area contributed by atoms with Crippen molar-refractivity contribution in [1.29, 1.82) is 0 Å². The molecule has 1 aromatic carbocycles. The van der Waals surface area contributed by atoms with E-state index in [1.807, 2.05) is 0 Å². The van der Waals surface area contributed by atoms with Crippen molar-refractivity contribution in [2.45, 2.75) is 20.3 Å². The second-order valence-corrected chi connectivity index (χ2v) is 4.64. The molecule has 94 valence electrons. The molecule has 2 N–H and O–H groups in total. The number of halogens is 1. The number of nitrogen functional groups attached to an aromatic ring is 1. The molecule has 0 saturated carbocycles. The number of nitrogens with two attached hydrogens (primary N) is 1. The van der Waals surface area contributed by atoms with Gasteiger partial charge in [-0.15, -0.1) is 0 Å². The number of hydrogen-bond donors (Lipinski definition) is 1. The molecule has 1 aromatic rings. The lowest BCUT2D eigenvalue weighted by Gasteiger charge is -2.19. The van der Waals surface area contributed by atoms with Gasteiger partial charge in [0.2, 0.25) is 0 Å². The first-order chi connectivity index (χ1) is 7.91. The van der Waals surface area contributed by atoms with Gasteiger partial charge < -0.3 is 10.6 Å². The van der Waals surface area contributed by atoms with Gasteiger partial charge >= 0.3 is 0 Å². The van der Waals surface area contributed by atoms with Crippen molar-refractivity contribution in [3.63, 3.8) is 0 Å². The number of amides is 1. The molecule has 0 heterocycles. The van der Waals surface area contributed by atoms with Gasteiger partial charge in [0.05, 0.1) is 5.56 Å². The molecular weight excluding hydrogens is 219 g/mol. The van der Waals surface area contributed by atoms with E-state index in [4.69, 9.17) is 5.73 Å². The van der Waals surface area contributed by atoms with Crippen molar-refractivity contribution in [3.8, 4) is 0 Å². The fraction of sp³-hybridized carbons (Fsp3) is 0.462. The Kier molecular flexibility index (Phi) is 4.49. The van der Waals surface area contributed by atoms with Crippen molar-refractivity contribution in [2.75, 3.05) is 19.3 Å².